The Morgan fingerprint density at radius 1 is 1.23 bits per heavy atom. The number of benzene rings is 1. The third-order valence-electron chi connectivity index (χ3n) is 1.24. The van der Waals surface area contributed by atoms with Crippen molar-refractivity contribution in [3.8, 4) is 5.75 Å². The number of halogens is 2. The molecule has 1 aromatic rings. The predicted octanol–water partition coefficient (Wildman–Crippen LogP) is 1.60. The molecule has 4 nitrogen and oxygen atoms in total. The lowest BCUT2D eigenvalue weighted by Crippen LogP contribution is -2.21. The van der Waals surface area contributed by atoms with Crippen LogP contribution in [0.2, 0.25) is 10.0 Å². The molecule has 5 N–H and O–H groups in total. The standard InChI is InChI=1S/C7H7Cl2N3O/c8-4-1-3(13)2-5(9)6(4)12-7(10)11/h1-2,13H,(H4,10,11,12). The molecule has 0 bridgehead atoms. The van der Waals surface area contributed by atoms with Crippen LogP contribution in [-0.4, -0.2) is 11.1 Å². The molecule has 70 valence electrons. The van der Waals surface area contributed by atoms with Gasteiger partial charge in [-0.05, 0) is 0 Å². The van der Waals surface area contributed by atoms with Crippen molar-refractivity contribution in [3.63, 3.8) is 0 Å². The Kier molecular flexibility index (Phi) is 2.85. The maximum absolute atomic E-state index is 9.07. The van der Waals surface area contributed by atoms with E-state index in [0.29, 0.717) is 0 Å². The molecule has 0 heterocycles. The van der Waals surface area contributed by atoms with Crippen LogP contribution >= 0.6 is 23.2 Å². The minimum absolute atomic E-state index is 0.0375. The quantitative estimate of drug-likeness (QED) is 0.496. The molecule has 1 rings (SSSR count). The van der Waals surface area contributed by atoms with E-state index in [2.05, 4.69) is 4.99 Å². The van der Waals surface area contributed by atoms with Crippen LogP contribution in [0.25, 0.3) is 0 Å². The summed E-state index contributed by atoms with van der Waals surface area (Å²) >= 11 is 11.4. The highest BCUT2D eigenvalue weighted by Crippen LogP contribution is 2.36. The minimum Gasteiger partial charge on any atom is -0.508 e. The summed E-state index contributed by atoms with van der Waals surface area (Å²) in [6.45, 7) is 0. The number of phenolic OH excluding ortho intramolecular Hbond substituents is 1. The van der Waals surface area contributed by atoms with Crippen molar-refractivity contribution in [2.45, 2.75) is 0 Å². The van der Waals surface area contributed by atoms with Crippen molar-refractivity contribution in [2.75, 3.05) is 0 Å². The average molecular weight is 220 g/mol. The van der Waals surface area contributed by atoms with Gasteiger partial charge in [0.15, 0.2) is 5.96 Å². The first-order chi connectivity index (χ1) is 6.00. The summed E-state index contributed by atoms with van der Waals surface area (Å²) in [4.78, 5) is 3.70. The van der Waals surface area contributed by atoms with E-state index in [0.717, 1.165) is 0 Å². The van der Waals surface area contributed by atoms with Gasteiger partial charge < -0.3 is 16.6 Å². The van der Waals surface area contributed by atoms with Crippen LogP contribution in [0, 0.1) is 0 Å². The zero-order chi connectivity index (χ0) is 10.0. The first kappa shape index (κ1) is 9.95. The topological polar surface area (TPSA) is 84.6 Å². The summed E-state index contributed by atoms with van der Waals surface area (Å²) in [6.07, 6.45) is 0. The van der Waals surface area contributed by atoms with Gasteiger partial charge in [-0.3, -0.25) is 0 Å². The fraction of sp³-hybridized carbons (Fsp3) is 0. The van der Waals surface area contributed by atoms with Crippen molar-refractivity contribution in [1.82, 2.24) is 0 Å². The molecule has 6 heteroatoms. The first-order valence-corrected chi connectivity index (χ1v) is 4.04. The zero-order valence-electron chi connectivity index (χ0n) is 6.46. The molecule has 0 atom stereocenters. The van der Waals surface area contributed by atoms with E-state index in [1.165, 1.54) is 12.1 Å². The second kappa shape index (κ2) is 3.72. The van der Waals surface area contributed by atoms with Gasteiger partial charge >= 0.3 is 0 Å². The van der Waals surface area contributed by atoms with E-state index in [1.54, 1.807) is 0 Å². The Balaban J connectivity index is 3.29. The van der Waals surface area contributed by atoms with Crippen LogP contribution in [0.15, 0.2) is 17.1 Å². The molecule has 1 aromatic carbocycles. The van der Waals surface area contributed by atoms with Crippen molar-refractivity contribution in [2.24, 2.45) is 16.5 Å². The monoisotopic (exact) mass is 219 g/mol. The largest absolute Gasteiger partial charge is 0.508 e. The van der Waals surface area contributed by atoms with Gasteiger partial charge in [-0.25, -0.2) is 4.99 Å². The summed E-state index contributed by atoms with van der Waals surface area (Å²) in [5.74, 6) is -0.181. The number of phenols is 1. The number of guanidine groups is 1. The normalized spacial score (nSPS) is 9.69. The van der Waals surface area contributed by atoms with Crippen molar-refractivity contribution < 1.29 is 5.11 Å². The fourth-order valence-electron chi connectivity index (χ4n) is 0.788. The second-order valence-electron chi connectivity index (χ2n) is 2.29. The van der Waals surface area contributed by atoms with E-state index in [9.17, 15) is 0 Å². The first-order valence-electron chi connectivity index (χ1n) is 3.28. The summed E-state index contributed by atoms with van der Waals surface area (Å²) in [7, 11) is 0. The van der Waals surface area contributed by atoms with Gasteiger partial charge in [0.1, 0.15) is 11.4 Å². The third kappa shape index (κ3) is 2.40. The number of aromatic hydroxyl groups is 1. The van der Waals surface area contributed by atoms with Gasteiger partial charge in [0.05, 0.1) is 10.0 Å². The van der Waals surface area contributed by atoms with E-state index in [-0.39, 0.29) is 27.4 Å². The molecule has 0 aliphatic heterocycles. The fourth-order valence-corrected chi connectivity index (χ4v) is 1.35. The molecular formula is C7H7Cl2N3O. The third-order valence-corrected chi connectivity index (χ3v) is 1.82. The van der Waals surface area contributed by atoms with Crippen molar-refractivity contribution in [3.05, 3.63) is 22.2 Å². The van der Waals surface area contributed by atoms with Crippen molar-refractivity contribution in [1.29, 1.82) is 0 Å². The van der Waals surface area contributed by atoms with E-state index >= 15 is 0 Å². The van der Waals surface area contributed by atoms with Gasteiger partial charge in [0, 0.05) is 12.1 Å². The molecule has 0 radical (unpaired) electrons. The number of aliphatic imine (C=N–C) groups is 1. The molecule has 0 aromatic heterocycles. The number of nitrogens with zero attached hydrogens (tertiary/aromatic N) is 1. The molecule has 0 aliphatic rings. The summed E-state index contributed by atoms with van der Waals surface area (Å²) < 4.78 is 0. The Morgan fingerprint density at radius 2 is 1.69 bits per heavy atom. The van der Waals surface area contributed by atoms with Crippen LogP contribution in [0.3, 0.4) is 0 Å². The Labute approximate surface area is 84.8 Å². The Bertz CT molecular complexity index is 338. The molecule has 0 saturated heterocycles. The molecule has 0 aliphatic carbocycles. The lowest BCUT2D eigenvalue weighted by atomic mass is 10.3. The van der Waals surface area contributed by atoms with Crippen LogP contribution < -0.4 is 11.5 Å². The number of rotatable bonds is 1. The zero-order valence-corrected chi connectivity index (χ0v) is 7.97. The van der Waals surface area contributed by atoms with Gasteiger partial charge in [0.25, 0.3) is 0 Å². The predicted molar refractivity (Wildman–Crippen MR) is 53.6 cm³/mol. The number of hydrogen-bond donors (Lipinski definition) is 3. The summed E-state index contributed by atoms with van der Waals surface area (Å²) in [5, 5.41) is 9.46. The van der Waals surface area contributed by atoms with Crippen LogP contribution in [0.1, 0.15) is 0 Å². The maximum Gasteiger partial charge on any atom is 0.191 e. The van der Waals surface area contributed by atoms with Gasteiger partial charge in [0.2, 0.25) is 0 Å². The van der Waals surface area contributed by atoms with E-state index < -0.39 is 0 Å². The summed E-state index contributed by atoms with van der Waals surface area (Å²) in [5.41, 5.74) is 10.5. The highest BCUT2D eigenvalue weighted by atomic mass is 35.5. The molecule has 0 unspecified atom stereocenters. The van der Waals surface area contributed by atoms with Crippen LogP contribution in [0.4, 0.5) is 5.69 Å². The minimum atomic E-state index is -0.144. The lowest BCUT2D eigenvalue weighted by Gasteiger charge is -2.02. The molecule has 0 spiro atoms. The number of hydrogen-bond acceptors (Lipinski definition) is 2. The maximum atomic E-state index is 9.07. The molecular weight excluding hydrogens is 213 g/mol. The van der Waals surface area contributed by atoms with Crippen molar-refractivity contribution >= 4 is 34.8 Å². The molecule has 0 fully saturated rings. The van der Waals surface area contributed by atoms with Crippen LogP contribution in [-0.2, 0) is 0 Å². The smallest absolute Gasteiger partial charge is 0.191 e. The van der Waals surface area contributed by atoms with Gasteiger partial charge in [-0.1, -0.05) is 23.2 Å². The average Bonchev–Trinajstić information content (AvgIpc) is 1.96. The summed E-state index contributed by atoms with van der Waals surface area (Å²) in [6, 6.07) is 2.60. The Morgan fingerprint density at radius 3 is 2.08 bits per heavy atom. The highest BCUT2D eigenvalue weighted by Gasteiger charge is 2.06. The van der Waals surface area contributed by atoms with Gasteiger partial charge in [-0.2, -0.15) is 0 Å². The Hall–Kier alpha value is -1.13. The lowest BCUT2D eigenvalue weighted by molar-refractivity contribution is 0.475. The molecule has 13 heavy (non-hydrogen) atoms. The number of nitrogens with two attached hydrogens (primary N) is 2. The SMILES string of the molecule is NC(N)=Nc1c(Cl)cc(O)cc1Cl. The van der Waals surface area contributed by atoms with Gasteiger partial charge in [-0.15, -0.1) is 0 Å². The molecule has 0 amide bonds. The highest BCUT2D eigenvalue weighted by molar-refractivity contribution is 6.39. The second-order valence-corrected chi connectivity index (χ2v) is 3.11. The van der Waals surface area contributed by atoms with Crippen LogP contribution in [0.5, 0.6) is 5.75 Å². The molecule has 0 saturated carbocycles. The van der Waals surface area contributed by atoms with E-state index in [1.807, 2.05) is 0 Å². The van der Waals surface area contributed by atoms with E-state index in [4.69, 9.17) is 39.8 Å².